The largest absolute Gasteiger partial charge is 0.457 e. The molecule has 4 aromatic carbocycles. The lowest BCUT2D eigenvalue weighted by Gasteiger charge is -2.10. The van der Waals surface area contributed by atoms with Crippen LogP contribution in [0.15, 0.2) is 103 Å². The van der Waals surface area contributed by atoms with Gasteiger partial charge in [-0.15, -0.1) is 0 Å². The number of nitrogens with one attached hydrogen (secondary N) is 2. The third-order valence-electron chi connectivity index (χ3n) is 4.80. The second kappa shape index (κ2) is 10.3. The number of carbonyl (C=O) groups is 1. The van der Waals surface area contributed by atoms with Crippen molar-refractivity contribution in [3.8, 4) is 11.5 Å². The van der Waals surface area contributed by atoms with Crippen molar-refractivity contribution in [2.75, 3.05) is 10.6 Å². The number of ether oxygens (including phenoxy) is 1. The number of halogens is 1. The van der Waals surface area contributed by atoms with Crippen molar-refractivity contribution in [3.05, 3.63) is 120 Å². The summed E-state index contributed by atoms with van der Waals surface area (Å²) < 4.78 is 19.1. The Morgan fingerprint density at radius 2 is 1.47 bits per heavy atom. The molecule has 0 bridgehead atoms. The molecule has 0 heterocycles. The molecule has 160 valence electrons. The van der Waals surface area contributed by atoms with Crippen LogP contribution in [-0.4, -0.2) is 5.91 Å². The summed E-state index contributed by atoms with van der Waals surface area (Å²) in [4.78, 5) is 12.2. The second-order valence-electron chi connectivity index (χ2n) is 7.35. The van der Waals surface area contributed by atoms with E-state index < -0.39 is 0 Å². The number of benzene rings is 4. The molecule has 0 saturated heterocycles. The smallest absolute Gasteiger partial charge is 0.228 e. The van der Waals surface area contributed by atoms with Crippen LogP contribution in [0.25, 0.3) is 0 Å². The minimum absolute atomic E-state index is 0.188. The Morgan fingerprint density at radius 3 is 2.25 bits per heavy atom. The molecular weight excluding hydrogens is 403 g/mol. The van der Waals surface area contributed by atoms with Crippen LogP contribution in [0.1, 0.15) is 11.1 Å². The highest BCUT2D eigenvalue weighted by Crippen LogP contribution is 2.22. The SMILES string of the molecule is O=C(Cc1ccc(NCc2cccc(Oc3ccccc3)c2)cc1)Nc1cccc(F)c1. The molecule has 0 fully saturated rings. The van der Waals surface area contributed by atoms with Gasteiger partial charge in [-0.2, -0.15) is 0 Å². The molecule has 0 saturated carbocycles. The minimum atomic E-state index is -0.379. The maximum absolute atomic E-state index is 13.2. The van der Waals surface area contributed by atoms with Crippen molar-refractivity contribution < 1.29 is 13.9 Å². The first-order chi connectivity index (χ1) is 15.6. The van der Waals surface area contributed by atoms with Crippen LogP contribution in [-0.2, 0) is 17.8 Å². The van der Waals surface area contributed by atoms with Crippen LogP contribution in [0, 0.1) is 5.82 Å². The van der Waals surface area contributed by atoms with Crippen molar-refractivity contribution in [1.82, 2.24) is 0 Å². The van der Waals surface area contributed by atoms with Gasteiger partial charge in [-0.05, 0) is 65.7 Å². The third-order valence-corrected chi connectivity index (χ3v) is 4.80. The first-order valence-corrected chi connectivity index (χ1v) is 10.3. The van der Waals surface area contributed by atoms with Crippen LogP contribution >= 0.6 is 0 Å². The molecule has 0 aromatic heterocycles. The monoisotopic (exact) mass is 426 g/mol. The number of hydrogen-bond donors (Lipinski definition) is 2. The molecule has 0 aliphatic carbocycles. The van der Waals surface area contributed by atoms with Gasteiger partial charge in [-0.25, -0.2) is 4.39 Å². The van der Waals surface area contributed by atoms with Gasteiger partial charge in [0.05, 0.1) is 6.42 Å². The maximum Gasteiger partial charge on any atom is 0.228 e. The summed E-state index contributed by atoms with van der Waals surface area (Å²) in [6.45, 7) is 0.644. The molecule has 4 aromatic rings. The van der Waals surface area contributed by atoms with E-state index in [4.69, 9.17) is 4.74 Å². The van der Waals surface area contributed by atoms with E-state index in [9.17, 15) is 9.18 Å². The zero-order chi connectivity index (χ0) is 22.2. The van der Waals surface area contributed by atoms with Gasteiger partial charge < -0.3 is 15.4 Å². The van der Waals surface area contributed by atoms with Gasteiger partial charge >= 0.3 is 0 Å². The Balaban J connectivity index is 1.29. The van der Waals surface area contributed by atoms with Crippen LogP contribution < -0.4 is 15.4 Å². The number of carbonyl (C=O) groups excluding carboxylic acids is 1. The Morgan fingerprint density at radius 1 is 0.719 bits per heavy atom. The van der Waals surface area contributed by atoms with Crippen molar-refractivity contribution >= 4 is 17.3 Å². The molecule has 2 N–H and O–H groups in total. The molecule has 0 atom stereocenters. The quantitative estimate of drug-likeness (QED) is 0.342. The number of rotatable bonds is 8. The summed E-state index contributed by atoms with van der Waals surface area (Å²) in [6.07, 6.45) is 0.218. The van der Waals surface area contributed by atoms with Gasteiger partial charge in [0.2, 0.25) is 5.91 Å². The third kappa shape index (κ3) is 6.19. The number of para-hydroxylation sites is 1. The van der Waals surface area contributed by atoms with Gasteiger partial charge in [-0.1, -0.05) is 48.5 Å². The lowest BCUT2D eigenvalue weighted by molar-refractivity contribution is -0.115. The molecule has 4 nitrogen and oxygen atoms in total. The molecule has 0 radical (unpaired) electrons. The summed E-state index contributed by atoms with van der Waals surface area (Å²) in [6, 6.07) is 31.2. The average molecular weight is 426 g/mol. The van der Waals surface area contributed by atoms with E-state index in [1.165, 1.54) is 12.1 Å². The van der Waals surface area contributed by atoms with E-state index in [2.05, 4.69) is 10.6 Å². The highest BCUT2D eigenvalue weighted by Gasteiger charge is 2.05. The molecule has 32 heavy (non-hydrogen) atoms. The van der Waals surface area contributed by atoms with Crippen LogP contribution in [0.3, 0.4) is 0 Å². The number of anilines is 2. The van der Waals surface area contributed by atoms with Gasteiger partial charge in [0.1, 0.15) is 17.3 Å². The van der Waals surface area contributed by atoms with Crippen molar-refractivity contribution in [2.45, 2.75) is 13.0 Å². The van der Waals surface area contributed by atoms with Gasteiger partial charge in [0, 0.05) is 17.9 Å². The van der Waals surface area contributed by atoms with E-state index in [-0.39, 0.29) is 18.1 Å². The van der Waals surface area contributed by atoms with E-state index in [0.29, 0.717) is 12.2 Å². The fourth-order valence-electron chi connectivity index (χ4n) is 3.24. The maximum atomic E-state index is 13.2. The molecule has 1 amide bonds. The Kier molecular flexibility index (Phi) is 6.78. The number of amides is 1. The van der Waals surface area contributed by atoms with Crippen molar-refractivity contribution in [1.29, 1.82) is 0 Å². The van der Waals surface area contributed by atoms with Crippen LogP contribution in [0.2, 0.25) is 0 Å². The topological polar surface area (TPSA) is 50.4 Å². The summed E-state index contributed by atoms with van der Waals surface area (Å²) in [5.41, 5.74) is 3.38. The Hall–Kier alpha value is -4.12. The van der Waals surface area contributed by atoms with Crippen molar-refractivity contribution in [2.24, 2.45) is 0 Å². The zero-order valence-corrected chi connectivity index (χ0v) is 17.4. The van der Waals surface area contributed by atoms with Gasteiger partial charge in [0.15, 0.2) is 0 Å². The predicted octanol–water partition coefficient (Wildman–Crippen LogP) is 6.41. The van der Waals surface area contributed by atoms with Crippen LogP contribution in [0.5, 0.6) is 11.5 Å². The summed E-state index contributed by atoms with van der Waals surface area (Å²) in [7, 11) is 0. The lowest BCUT2D eigenvalue weighted by Crippen LogP contribution is -2.14. The summed E-state index contributed by atoms with van der Waals surface area (Å²) >= 11 is 0. The van der Waals surface area contributed by atoms with Gasteiger partial charge in [0.25, 0.3) is 0 Å². The minimum Gasteiger partial charge on any atom is -0.457 e. The molecule has 0 aliphatic heterocycles. The van der Waals surface area contributed by atoms with E-state index in [1.54, 1.807) is 12.1 Å². The summed E-state index contributed by atoms with van der Waals surface area (Å²) in [5, 5.41) is 6.09. The standard InChI is InChI=1S/C27H23FN2O2/c28-22-7-5-8-24(18-22)30-27(31)17-20-12-14-23(15-13-20)29-19-21-6-4-11-26(16-21)32-25-9-2-1-3-10-25/h1-16,18,29H,17,19H2,(H,30,31). The molecular formula is C27H23FN2O2. The zero-order valence-electron chi connectivity index (χ0n) is 17.4. The fourth-order valence-corrected chi connectivity index (χ4v) is 3.24. The van der Waals surface area contributed by atoms with E-state index >= 15 is 0 Å². The molecule has 0 aliphatic rings. The first kappa shape index (κ1) is 21.1. The normalized spacial score (nSPS) is 10.4. The van der Waals surface area contributed by atoms with Crippen LogP contribution in [0.4, 0.5) is 15.8 Å². The fraction of sp³-hybridized carbons (Fsp3) is 0.0741. The van der Waals surface area contributed by atoms with E-state index in [1.807, 2.05) is 78.9 Å². The van der Waals surface area contributed by atoms with E-state index in [0.717, 1.165) is 28.3 Å². The first-order valence-electron chi connectivity index (χ1n) is 10.3. The molecule has 4 rings (SSSR count). The molecule has 0 spiro atoms. The second-order valence-corrected chi connectivity index (χ2v) is 7.35. The molecule has 5 heteroatoms. The lowest BCUT2D eigenvalue weighted by atomic mass is 10.1. The summed E-state index contributed by atoms with van der Waals surface area (Å²) in [5.74, 6) is 1.02. The Labute approximate surface area is 186 Å². The highest BCUT2D eigenvalue weighted by atomic mass is 19.1. The average Bonchev–Trinajstić information content (AvgIpc) is 2.79. The molecule has 0 unspecified atom stereocenters. The highest BCUT2D eigenvalue weighted by molar-refractivity contribution is 5.92. The number of hydrogen-bond acceptors (Lipinski definition) is 3. The van der Waals surface area contributed by atoms with Gasteiger partial charge in [-0.3, -0.25) is 4.79 Å². The van der Waals surface area contributed by atoms with Crippen molar-refractivity contribution in [3.63, 3.8) is 0 Å². The Bertz CT molecular complexity index is 1180. The predicted molar refractivity (Wildman–Crippen MR) is 125 cm³/mol.